The monoisotopic (exact) mass is 366 g/mol. The summed E-state index contributed by atoms with van der Waals surface area (Å²) in [5.41, 5.74) is 2.49. The zero-order valence-corrected chi connectivity index (χ0v) is 15.5. The quantitative estimate of drug-likeness (QED) is 0.784. The number of hydrogen-bond donors (Lipinski definition) is 0. The zero-order chi connectivity index (χ0) is 19.2. The fourth-order valence-electron chi connectivity index (χ4n) is 3.14. The first-order valence-corrected chi connectivity index (χ1v) is 8.93. The molecule has 6 heteroatoms. The second-order valence-electron chi connectivity index (χ2n) is 6.14. The molecule has 6 nitrogen and oxygen atoms in total. The Hall–Kier alpha value is -3.20. The number of amides is 1. The molecule has 3 rings (SSSR count). The van der Waals surface area contributed by atoms with Gasteiger partial charge in [-0.2, -0.15) is 5.26 Å². The summed E-state index contributed by atoms with van der Waals surface area (Å²) >= 11 is 0. The summed E-state index contributed by atoms with van der Waals surface area (Å²) in [5.74, 6) is 1.59. The van der Waals surface area contributed by atoms with Gasteiger partial charge >= 0.3 is 0 Å². The molecule has 1 aliphatic rings. The largest absolute Gasteiger partial charge is 0.497 e. The van der Waals surface area contributed by atoms with Crippen LogP contribution in [0.15, 0.2) is 36.4 Å². The van der Waals surface area contributed by atoms with Crippen LogP contribution >= 0.6 is 0 Å². The molecule has 0 spiro atoms. The molecule has 0 aliphatic carbocycles. The van der Waals surface area contributed by atoms with E-state index in [1.54, 1.807) is 30.2 Å². The van der Waals surface area contributed by atoms with Crippen LogP contribution in [0.2, 0.25) is 0 Å². The first kappa shape index (κ1) is 18.6. The molecule has 0 unspecified atom stereocenters. The molecule has 1 heterocycles. The standard InChI is InChI=1S/C21H22N2O4/c1-3-26-20-11-15(13-22)6-9-19(20)27-14-21(24)23-10-4-5-16-12-17(25-2)7-8-18(16)23/h6-9,11-12H,3-5,10,14H2,1-2H3. The smallest absolute Gasteiger partial charge is 0.264 e. The second-order valence-corrected chi connectivity index (χ2v) is 6.14. The molecule has 0 aromatic heterocycles. The lowest BCUT2D eigenvalue weighted by Crippen LogP contribution is -2.38. The minimum absolute atomic E-state index is 0.0998. The minimum Gasteiger partial charge on any atom is -0.497 e. The van der Waals surface area contributed by atoms with Gasteiger partial charge < -0.3 is 19.1 Å². The van der Waals surface area contributed by atoms with Crippen LogP contribution in [-0.4, -0.2) is 32.8 Å². The normalized spacial score (nSPS) is 12.7. The van der Waals surface area contributed by atoms with E-state index in [4.69, 9.17) is 19.5 Å². The van der Waals surface area contributed by atoms with E-state index >= 15 is 0 Å². The number of benzene rings is 2. The van der Waals surface area contributed by atoms with Crippen LogP contribution in [0.25, 0.3) is 0 Å². The Morgan fingerprint density at radius 1 is 1.19 bits per heavy atom. The van der Waals surface area contributed by atoms with Crippen LogP contribution in [0.3, 0.4) is 0 Å². The Balaban J connectivity index is 1.73. The van der Waals surface area contributed by atoms with Crippen molar-refractivity contribution in [2.75, 3.05) is 31.8 Å². The van der Waals surface area contributed by atoms with Crippen LogP contribution < -0.4 is 19.1 Å². The number of nitrogens with zero attached hydrogens (tertiary/aromatic N) is 2. The zero-order valence-electron chi connectivity index (χ0n) is 15.5. The maximum Gasteiger partial charge on any atom is 0.264 e. The summed E-state index contributed by atoms with van der Waals surface area (Å²) in [7, 11) is 1.63. The Morgan fingerprint density at radius 2 is 2.04 bits per heavy atom. The van der Waals surface area contributed by atoms with E-state index in [9.17, 15) is 4.79 Å². The maximum absolute atomic E-state index is 12.8. The molecule has 0 N–H and O–H groups in total. The van der Waals surface area contributed by atoms with Crippen molar-refractivity contribution in [3.8, 4) is 23.3 Å². The number of carbonyl (C=O) groups excluding carboxylic acids is 1. The van der Waals surface area contributed by atoms with Gasteiger partial charge in [-0.3, -0.25) is 4.79 Å². The van der Waals surface area contributed by atoms with E-state index in [0.29, 0.717) is 30.2 Å². The van der Waals surface area contributed by atoms with E-state index in [1.165, 1.54) is 0 Å². The molecular formula is C21H22N2O4. The van der Waals surface area contributed by atoms with Crippen LogP contribution in [-0.2, 0) is 11.2 Å². The summed E-state index contributed by atoms with van der Waals surface area (Å²) in [5, 5.41) is 9.02. The number of aryl methyl sites for hydroxylation is 1. The Bertz CT molecular complexity index is 873. The molecule has 0 saturated carbocycles. The first-order chi connectivity index (χ1) is 13.2. The Morgan fingerprint density at radius 3 is 2.78 bits per heavy atom. The van der Waals surface area contributed by atoms with E-state index in [2.05, 4.69) is 6.07 Å². The summed E-state index contributed by atoms with van der Waals surface area (Å²) in [4.78, 5) is 14.5. The number of carbonyl (C=O) groups is 1. The first-order valence-electron chi connectivity index (χ1n) is 8.93. The molecule has 0 radical (unpaired) electrons. The van der Waals surface area contributed by atoms with E-state index in [-0.39, 0.29) is 12.5 Å². The summed E-state index contributed by atoms with van der Waals surface area (Å²) in [6, 6.07) is 12.7. The van der Waals surface area contributed by atoms with Crippen molar-refractivity contribution in [3.05, 3.63) is 47.5 Å². The van der Waals surface area contributed by atoms with Crippen molar-refractivity contribution in [1.82, 2.24) is 0 Å². The molecule has 2 aromatic rings. The predicted molar refractivity (Wildman–Crippen MR) is 101 cm³/mol. The minimum atomic E-state index is -0.118. The number of rotatable bonds is 6. The average molecular weight is 366 g/mol. The molecule has 1 amide bonds. The van der Waals surface area contributed by atoms with E-state index in [0.717, 1.165) is 29.8 Å². The van der Waals surface area contributed by atoms with E-state index < -0.39 is 0 Å². The third-order valence-corrected chi connectivity index (χ3v) is 4.43. The highest BCUT2D eigenvalue weighted by Gasteiger charge is 2.23. The molecule has 1 aliphatic heterocycles. The van der Waals surface area contributed by atoms with Gasteiger partial charge in [-0.25, -0.2) is 0 Å². The number of hydrogen-bond acceptors (Lipinski definition) is 5. The average Bonchev–Trinajstić information content (AvgIpc) is 2.71. The second kappa shape index (κ2) is 8.45. The topological polar surface area (TPSA) is 71.8 Å². The predicted octanol–water partition coefficient (Wildman–Crippen LogP) is 3.32. The number of anilines is 1. The van der Waals surface area contributed by atoms with Gasteiger partial charge in [0.1, 0.15) is 5.75 Å². The van der Waals surface area contributed by atoms with Gasteiger partial charge in [-0.05, 0) is 55.7 Å². The van der Waals surface area contributed by atoms with Crippen molar-refractivity contribution < 1.29 is 19.0 Å². The summed E-state index contributed by atoms with van der Waals surface area (Å²) in [6.07, 6.45) is 1.81. The number of fused-ring (bicyclic) bond motifs is 1. The van der Waals surface area contributed by atoms with Crippen LogP contribution in [0.4, 0.5) is 5.69 Å². The third-order valence-electron chi connectivity index (χ3n) is 4.43. The van der Waals surface area contributed by atoms with Gasteiger partial charge in [0.25, 0.3) is 5.91 Å². The molecule has 2 aromatic carbocycles. The Kier molecular flexibility index (Phi) is 5.82. The van der Waals surface area contributed by atoms with Crippen LogP contribution in [0, 0.1) is 11.3 Å². The van der Waals surface area contributed by atoms with Gasteiger partial charge in [0.2, 0.25) is 0 Å². The molecule has 0 bridgehead atoms. The molecule has 140 valence electrons. The molecular weight excluding hydrogens is 344 g/mol. The van der Waals surface area contributed by atoms with Crippen molar-refractivity contribution in [3.63, 3.8) is 0 Å². The lowest BCUT2D eigenvalue weighted by molar-refractivity contribution is -0.120. The Labute approximate surface area is 158 Å². The summed E-state index contributed by atoms with van der Waals surface area (Å²) < 4.78 is 16.5. The van der Waals surface area contributed by atoms with Gasteiger partial charge in [-0.1, -0.05) is 0 Å². The lowest BCUT2D eigenvalue weighted by Gasteiger charge is -2.29. The maximum atomic E-state index is 12.8. The highest BCUT2D eigenvalue weighted by molar-refractivity contribution is 5.95. The highest BCUT2D eigenvalue weighted by Crippen LogP contribution is 2.31. The fraction of sp³-hybridized carbons (Fsp3) is 0.333. The SMILES string of the molecule is CCOc1cc(C#N)ccc1OCC(=O)N1CCCc2cc(OC)ccc21. The van der Waals surface area contributed by atoms with Crippen molar-refractivity contribution in [2.45, 2.75) is 19.8 Å². The van der Waals surface area contributed by atoms with Crippen LogP contribution in [0.5, 0.6) is 17.2 Å². The van der Waals surface area contributed by atoms with Gasteiger partial charge in [0.15, 0.2) is 18.1 Å². The fourth-order valence-corrected chi connectivity index (χ4v) is 3.14. The molecule has 0 fully saturated rings. The summed E-state index contributed by atoms with van der Waals surface area (Å²) in [6.45, 7) is 2.86. The van der Waals surface area contributed by atoms with Crippen molar-refractivity contribution in [2.24, 2.45) is 0 Å². The third kappa shape index (κ3) is 4.14. The highest BCUT2D eigenvalue weighted by atomic mass is 16.5. The number of methoxy groups -OCH3 is 1. The number of ether oxygens (including phenoxy) is 3. The van der Waals surface area contributed by atoms with Crippen LogP contribution in [0.1, 0.15) is 24.5 Å². The van der Waals surface area contributed by atoms with Gasteiger partial charge in [0.05, 0.1) is 25.3 Å². The lowest BCUT2D eigenvalue weighted by atomic mass is 10.0. The van der Waals surface area contributed by atoms with E-state index in [1.807, 2.05) is 25.1 Å². The van der Waals surface area contributed by atoms with Gasteiger partial charge in [0, 0.05) is 18.3 Å². The van der Waals surface area contributed by atoms with Gasteiger partial charge in [-0.15, -0.1) is 0 Å². The van der Waals surface area contributed by atoms with Crippen molar-refractivity contribution in [1.29, 1.82) is 5.26 Å². The molecule has 0 saturated heterocycles. The van der Waals surface area contributed by atoms with Crippen molar-refractivity contribution >= 4 is 11.6 Å². The molecule has 27 heavy (non-hydrogen) atoms. The number of nitriles is 1. The molecule has 0 atom stereocenters.